The van der Waals surface area contributed by atoms with E-state index in [9.17, 15) is 13.6 Å². The van der Waals surface area contributed by atoms with Gasteiger partial charge in [-0.05, 0) is 43.2 Å². The summed E-state index contributed by atoms with van der Waals surface area (Å²) < 4.78 is 33.0. The number of rotatable bonds is 3. The molecule has 3 heterocycles. The number of nitrogens with zero attached hydrogens (tertiary/aromatic N) is 2. The third-order valence-electron chi connectivity index (χ3n) is 5.09. The molecular weight excluding hydrogens is 354 g/mol. The maximum Gasteiger partial charge on any atom is 0.267 e. The molecule has 27 heavy (non-hydrogen) atoms. The zero-order chi connectivity index (χ0) is 18.8. The van der Waals surface area contributed by atoms with E-state index in [1.54, 1.807) is 11.2 Å². The van der Waals surface area contributed by atoms with Crippen molar-refractivity contribution in [2.45, 2.75) is 44.2 Å². The fourth-order valence-electron chi connectivity index (χ4n) is 3.72. The minimum atomic E-state index is -0.835. The predicted molar refractivity (Wildman–Crippen MR) is 94.0 cm³/mol. The fraction of sp³-hybridized carbons (Fsp3) is 0.400. The number of oxime groups is 1. The van der Waals surface area contributed by atoms with Gasteiger partial charge in [0.15, 0.2) is 0 Å². The summed E-state index contributed by atoms with van der Waals surface area (Å²) in [4.78, 5) is 20.2. The summed E-state index contributed by atoms with van der Waals surface area (Å²) in [5.41, 5.74) is 0.276. The van der Waals surface area contributed by atoms with Crippen molar-refractivity contribution in [2.75, 3.05) is 6.54 Å². The molecule has 4 rings (SSSR count). The third-order valence-corrected chi connectivity index (χ3v) is 5.09. The van der Waals surface area contributed by atoms with Crippen molar-refractivity contribution < 1.29 is 22.8 Å². The highest BCUT2D eigenvalue weighted by Gasteiger charge is 2.37. The highest BCUT2D eigenvalue weighted by atomic mass is 19.1. The Balaban J connectivity index is 1.52. The quantitative estimate of drug-likeness (QED) is 0.809. The van der Waals surface area contributed by atoms with Gasteiger partial charge in [0.1, 0.15) is 17.4 Å². The Morgan fingerprint density at radius 2 is 2.07 bits per heavy atom. The summed E-state index contributed by atoms with van der Waals surface area (Å²) in [6.07, 6.45) is 4.65. The smallest absolute Gasteiger partial charge is 0.267 e. The van der Waals surface area contributed by atoms with Crippen molar-refractivity contribution in [3.8, 4) is 0 Å². The van der Waals surface area contributed by atoms with Crippen molar-refractivity contribution in [1.29, 1.82) is 0 Å². The molecule has 1 aromatic carbocycles. The van der Waals surface area contributed by atoms with E-state index in [0.29, 0.717) is 6.54 Å². The van der Waals surface area contributed by atoms with E-state index in [0.717, 1.165) is 49.6 Å². The molecule has 1 amide bonds. The predicted octanol–water partition coefficient (Wildman–Crippen LogP) is 4.19. The lowest BCUT2D eigenvalue weighted by Crippen LogP contribution is -2.41. The standard InChI is InChI=1S/C20H20F2N2O3/c21-13-7-8-15(22)14(11-13)16-12-19(27-23-16)20(25)24-9-3-1-2-5-17(24)18-6-4-10-26-18/h4,6-8,10-11,17,19H,1-3,5,9,12H2/t17-,19+/m0/s1. The van der Waals surface area contributed by atoms with Crippen molar-refractivity contribution in [3.05, 3.63) is 59.6 Å². The first-order valence-electron chi connectivity index (χ1n) is 9.15. The number of carbonyl (C=O) groups excluding carboxylic acids is 1. The fourth-order valence-corrected chi connectivity index (χ4v) is 3.72. The molecular formula is C20H20F2N2O3. The summed E-state index contributed by atoms with van der Waals surface area (Å²) in [6.45, 7) is 0.605. The van der Waals surface area contributed by atoms with Gasteiger partial charge in [-0.25, -0.2) is 8.78 Å². The lowest BCUT2D eigenvalue weighted by molar-refractivity contribution is -0.145. The van der Waals surface area contributed by atoms with Crippen LogP contribution >= 0.6 is 0 Å². The molecule has 1 fully saturated rings. The van der Waals surface area contributed by atoms with Gasteiger partial charge in [0.2, 0.25) is 6.10 Å². The van der Waals surface area contributed by atoms with Crippen molar-refractivity contribution in [2.24, 2.45) is 5.16 Å². The number of carbonyl (C=O) groups is 1. The average molecular weight is 374 g/mol. The molecule has 142 valence electrons. The van der Waals surface area contributed by atoms with E-state index in [1.165, 1.54) is 0 Å². The van der Waals surface area contributed by atoms with Gasteiger partial charge in [-0.15, -0.1) is 0 Å². The summed E-state index contributed by atoms with van der Waals surface area (Å²) in [7, 11) is 0. The summed E-state index contributed by atoms with van der Waals surface area (Å²) in [5, 5.41) is 3.86. The van der Waals surface area contributed by atoms with Gasteiger partial charge in [0.05, 0.1) is 18.0 Å². The second kappa shape index (κ2) is 7.50. The molecule has 0 unspecified atom stereocenters. The molecule has 2 atom stereocenters. The second-order valence-corrected chi connectivity index (χ2v) is 6.87. The normalized spacial score (nSPS) is 22.9. The van der Waals surface area contributed by atoms with Gasteiger partial charge in [-0.2, -0.15) is 0 Å². The van der Waals surface area contributed by atoms with Crippen LogP contribution in [0.3, 0.4) is 0 Å². The minimum Gasteiger partial charge on any atom is -0.467 e. The van der Waals surface area contributed by atoms with Crippen LogP contribution in [0.2, 0.25) is 0 Å². The van der Waals surface area contributed by atoms with Gasteiger partial charge in [-0.1, -0.05) is 18.0 Å². The molecule has 2 aromatic rings. The Bertz CT molecular complexity index is 851. The number of furan rings is 1. The first kappa shape index (κ1) is 17.7. The Labute approximate surface area is 155 Å². The van der Waals surface area contributed by atoms with Gasteiger partial charge < -0.3 is 14.2 Å². The second-order valence-electron chi connectivity index (χ2n) is 6.87. The van der Waals surface area contributed by atoms with Gasteiger partial charge in [0, 0.05) is 18.5 Å². The Morgan fingerprint density at radius 1 is 1.19 bits per heavy atom. The molecule has 2 aliphatic heterocycles. The monoisotopic (exact) mass is 374 g/mol. The molecule has 1 aromatic heterocycles. The molecule has 1 saturated heterocycles. The van der Waals surface area contributed by atoms with Crippen LogP contribution in [-0.4, -0.2) is 29.2 Å². The average Bonchev–Trinajstić information content (AvgIpc) is 3.31. The first-order valence-corrected chi connectivity index (χ1v) is 9.15. The number of likely N-dealkylation sites (tertiary alicyclic amines) is 1. The van der Waals surface area contributed by atoms with Crippen LogP contribution in [0.1, 0.15) is 49.5 Å². The number of halogens is 2. The van der Waals surface area contributed by atoms with Crippen LogP contribution in [0.5, 0.6) is 0 Å². The van der Waals surface area contributed by atoms with Crippen LogP contribution in [0.15, 0.2) is 46.2 Å². The largest absolute Gasteiger partial charge is 0.467 e. The molecule has 0 radical (unpaired) electrons. The van der Waals surface area contributed by atoms with Crippen LogP contribution in [0, 0.1) is 11.6 Å². The maximum atomic E-state index is 14.0. The third kappa shape index (κ3) is 3.59. The van der Waals surface area contributed by atoms with Crippen molar-refractivity contribution in [3.63, 3.8) is 0 Å². The van der Waals surface area contributed by atoms with E-state index in [-0.39, 0.29) is 29.6 Å². The van der Waals surface area contributed by atoms with E-state index in [2.05, 4.69) is 5.16 Å². The molecule has 0 bridgehead atoms. The van der Waals surface area contributed by atoms with Crippen LogP contribution in [0.4, 0.5) is 8.78 Å². The Morgan fingerprint density at radius 3 is 2.89 bits per heavy atom. The van der Waals surface area contributed by atoms with Crippen LogP contribution < -0.4 is 0 Å². The highest BCUT2D eigenvalue weighted by molar-refractivity contribution is 6.04. The number of benzene rings is 1. The Kier molecular flexibility index (Phi) is 4.92. The van der Waals surface area contributed by atoms with Gasteiger partial charge >= 0.3 is 0 Å². The molecule has 0 N–H and O–H groups in total. The van der Waals surface area contributed by atoms with Crippen molar-refractivity contribution in [1.82, 2.24) is 4.90 Å². The lowest BCUT2D eigenvalue weighted by Gasteiger charge is -2.30. The molecule has 7 heteroatoms. The molecule has 2 aliphatic rings. The zero-order valence-corrected chi connectivity index (χ0v) is 14.7. The molecule has 5 nitrogen and oxygen atoms in total. The van der Waals surface area contributed by atoms with E-state index >= 15 is 0 Å². The topological polar surface area (TPSA) is 55.0 Å². The van der Waals surface area contributed by atoms with Crippen LogP contribution in [-0.2, 0) is 9.63 Å². The van der Waals surface area contributed by atoms with Crippen molar-refractivity contribution >= 4 is 11.6 Å². The summed E-state index contributed by atoms with van der Waals surface area (Å²) in [6, 6.07) is 6.70. The van der Waals surface area contributed by atoms with Gasteiger partial charge in [0.25, 0.3) is 5.91 Å². The number of hydrogen-bond donors (Lipinski definition) is 0. The lowest BCUT2D eigenvalue weighted by atomic mass is 10.0. The molecule has 0 spiro atoms. The van der Waals surface area contributed by atoms with E-state index in [1.807, 2.05) is 12.1 Å². The van der Waals surface area contributed by atoms with E-state index < -0.39 is 17.7 Å². The Hall–Kier alpha value is -2.70. The van der Waals surface area contributed by atoms with E-state index in [4.69, 9.17) is 9.25 Å². The molecule has 0 aliphatic carbocycles. The first-order chi connectivity index (χ1) is 13.1. The van der Waals surface area contributed by atoms with Crippen LogP contribution in [0.25, 0.3) is 0 Å². The number of amides is 1. The summed E-state index contributed by atoms with van der Waals surface area (Å²) >= 11 is 0. The zero-order valence-electron chi connectivity index (χ0n) is 14.7. The highest BCUT2D eigenvalue weighted by Crippen LogP contribution is 2.32. The minimum absolute atomic E-state index is 0.0313. The van der Waals surface area contributed by atoms with Gasteiger partial charge in [-0.3, -0.25) is 4.79 Å². The summed E-state index contributed by atoms with van der Waals surface area (Å²) in [5.74, 6) is -0.598. The molecule has 0 saturated carbocycles. The maximum absolute atomic E-state index is 14.0. The number of hydrogen-bond acceptors (Lipinski definition) is 4. The SMILES string of the molecule is O=C([C@H]1CC(c2cc(F)ccc2F)=NO1)N1CCCCC[C@H]1c1ccco1.